The maximum atomic E-state index is 10.9. The number of nitriles is 1. The summed E-state index contributed by atoms with van der Waals surface area (Å²) in [5.41, 5.74) is 5.43. The van der Waals surface area contributed by atoms with E-state index in [-0.39, 0.29) is 23.7 Å². The molecule has 0 radical (unpaired) electrons. The molecule has 0 unspecified atom stereocenters. The van der Waals surface area contributed by atoms with Crippen LogP contribution in [0.15, 0.2) is 12.1 Å². The summed E-state index contributed by atoms with van der Waals surface area (Å²) in [7, 11) is 0. The third-order valence-corrected chi connectivity index (χ3v) is 2.25. The molecule has 0 spiro atoms. The van der Waals surface area contributed by atoms with Crippen LogP contribution in [-0.2, 0) is 0 Å². The molecule has 1 rings (SSSR count). The van der Waals surface area contributed by atoms with Crippen molar-refractivity contribution in [2.75, 3.05) is 23.7 Å². The fraction of sp³-hybridized carbons (Fsp3) is 0.400. The lowest BCUT2D eigenvalue weighted by Crippen LogP contribution is -2.25. The first-order valence-electron chi connectivity index (χ1n) is 5.13. The van der Waals surface area contributed by atoms with Crippen molar-refractivity contribution in [3.8, 4) is 6.07 Å². The number of nitrogen functional groups attached to an aromatic ring is 1. The number of hydrogen-bond donors (Lipinski definition) is 1. The Labute approximate surface area is 98.6 Å². The first-order chi connectivity index (χ1) is 8.10. The molecule has 0 saturated carbocycles. The van der Waals surface area contributed by atoms with Crippen molar-refractivity contribution < 1.29 is 4.92 Å². The van der Waals surface area contributed by atoms with Gasteiger partial charge in [-0.25, -0.2) is 4.98 Å². The summed E-state index contributed by atoms with van der Waals surface area (Å²) >= 11 is 0. The number of hydrogen-bond acceptors (Lipinski definition) is 6. The van der Waals surface area contributed by atoms with E-state index in [9.17, 15) is 10.1 Å². The van der Waals surface area contributed by atoms with Crippen LogP contribution in [0.1, 0.15) is 13.3 Å². The van der Waals surface area contributed by atoms with Crippen LogP contribution in [0.5, 0.6) is 0 Å². The van der Waals surface area contributed by atoms with E-state index in [4.69, 9.17) is 11.0 Å². The average Bonchev–Trinajstić information content (AvgIpc) is 2.29. The Kier molecular flexibility index (Phi) is 4.22. The zero-order valence-corrected chi connectivity index (χ0v) is 9.46. The average molecular weight is 235 g/mol. The van der Waals surface area contributed by atoms with Crippen LogP contribution in [-0.4, -0.2) is 23.0 Å². The predicted octanol–water partition coefficient (Wildman–Crippen LogP) is 1.31. The third kappa shape index (κ3) is 3.04. The standard InChI is InChI=1S/C10H13N5O2/c1-2-14(7-3-6-11)10-8(15(16)17)4-5-9(12)13-10/h4-5H,2-3,7H2,1H3,(H2,12,13). The van der Waals surface area contributed by atoms with Crippen LogP contribution in [0.4, 0.5) is 17.3 Å². The van der Waals surface area contributed by atoms with E-state index < -0.39 is 4.92 Å². The Hall–Kier alpha value is -2.36. The Balaban J connectivity index is 3.12. The van der Waals surface area contributed by atoms with E-state index in [2.05, 4.69) is 4.98 Å². The molecular formula is C10H13N5O2. The molecule has 0 aromatic carbocycles. The normalized spacial score (nSPS) is 9.65. The van der Waals surface area contributed by atoms with Crippen molar-refractivity contribution in [1.29, 1.82) is 5.26 Å². The Morgan fingerprint density at radius 1 is 1.65 bits per heavy atom. The van der Waals surface area contributed by atoms with E-state index in [0.29, 0.717) is 13.1 Å². The fourth-order valence-electron chi connectivity index (χ4n) is 1.43. The second-order valence-corrected chi connectivity index (χ2v) is 3.32. The quantitative estimate of drug-likeness (QED) is 0.608. The highest BCUT2D eigenvalue weighted by Gasteiger charge is 2.20. The van der Waals surface area contributed by atoms with Crippen LogP contribution < -0.4 is 10.6 Å². The number of nitro groups is 1. The predicted molar refractivity (Wildman–Crippen MR) is 63.4 cm³/mol. The molecule has 0 fully saturated rings. The Morgan fingerprint density at radius 2 is 2.35 bits per heavy atom. The zero-order chi connectivity index (χ0) is 12.8. The first-order valence-corrected chi connectivity index (χ1v) is 5.13. The molecule has 2 N–H and O–H groups in total. The second kappa shape index (κ2) is 5.65. The van der Waals surface area contributed by atoms with Gasteiger partial charge in [-0.05, 0) is 13.0 Å². The fourth-order valence-corrected chi connectivity index (χ4v) is 1.43. The number of rotatable bonds is 5. The molecule has 0 saturated heterocycles. The summed E-state index contributed by atoms with van der Waals surface area (Å²) in [6.07, 6.45) is 0.279. The number of pyridine rings is 1. The van der Waals surface area contributed by atoms with Crippen molar-refractivity contribution in [3.63, 3.8) is 0 Å². The van der Waals surface area contributed by atoms with Crippen LogP contribution >= 0.6 is 0 Å². The van der Waals surface area contributed by atoms with Crippen LogP contribution in [0.25, 0.3) is 0 Å². The molecule has 0 aliphatic heterocycles. The van der Waals surface area contributed by atoms with Gasteiger partial charge in [0.05, 0.1) is 17.4 Å². The van der Waals surface area contributed by atoms with Crippen molar-refractivity contribution in [1.82, 2.24) is 4.98 Å². The molecule has 0 bridgehead atoms. The molecule has 90 valence electrons. The number of anilines is 2. The first kappa shape index (κ1) is 12.7. The Morgan fingerprint density at radius 3 is 2.88 bits per heavy atom. The maximum absolute atomic E-state index is 10.9. The van der Waals surface area contributed by atoms with E-state index in [1.54, 1.807) is 4.90 Å². The van der Waals surface area contributed by atoms with E-state index in [0.717, 1.165) is 0 Å². The molecule has 0 amide bonds. The van der Waals surface area contributed by atoms with Gasteiger partial charge in [0.15, 0.2) is 0 Å². The van der Waals surface area contributed by atoms with Gasteiger partial charge >= 0.3 is 5.69 Å². The lowest BCUT2D eigenvalue weighted by Gasteiger charge is -2.20. The lowest BCUT2D eigenvalue weighted by atomic mass is 10.3. The van der Waals surface area contributed by atoms with Gasteiger partial charge in [0, 0.05) is 19.2 Å². The van der Waals surface area contributed by atoms with E-state index in [1.165, 1.54) is 12.1 Å². The van der Waals surface area contributed by atoms with Crippen molar-refractivity contribution in [2.24, 2.45) is 0 Å². The molecular weight excluding hydrogens is 222 g/mol. The van der Waals surface area contributed by atoms with Gasteiger partial charge in [0.25, 0.3) is 0 Å². The molecule has 1 heterocycles. The van der Waals surface area contributed by atoms with Crippen molar-refractivity contribution >= 4 is 17.3 Å². The van der Waals surface area contributed by atoms with Crippen LogP contribution in [0, 0.1) is 21.4 Å². The molecule has 0 atom stereocenters. The smallest absolute Gasteiger partial charge is 0.311 e. The molecule has 7 heteroatoms. The molecule has 1 aromatic rings. The lowest BCUT2D eigenvalue weighted by molar-refractivity contribution is -0.384. The minimum Gasteiger partial charge on any atom is -0.384 e. The van der Waals surface area contributed by atoms with Gasteiger partial charge in [-0.15, -0.1) is 0 Å². The van der Waals surface area contributed by atoms with Gasteiger partial charge in [-0.3, -0.25) is 10.1 Å². The molecule has 7 nitrogen and oxygen atoms in total. The largest absolute Gasteiger partial charge is 0.384 e. The van der Waals surface area contributed by atoms with Gasteiger partial charge in [-0.1, -0.05) is 0 Å². The minimum absolute atomic E-state index is 0.0982. The van der Waals surface area contributed by atoms with Crippen molar-refractivity contribution in [2.45, 2.75) is 13.3 Å². The maximum Gasteiger partial charge on any atom is 0.311 e. The molecule has 17 heavy (non-hydrogen) atoms. The number of nitrogens with two attached hydrogens (primary N) is 1. The van der Waals surface area contributed by atoms with Gasteiger partial charge < -0.3 is 10.6 Å². The summed E-state index contributed by atoms with van der Waals surface area (Å²) in [6, 6.07) is 4.71. The molecule has 1 aromatic heterocycles. The van der Waals surface area contributed by atoms with Crippen molar-refractivity contribution in [3.05, 3.63) is 22.2 Å². The second-order valence-electron chi connectivity index (χ2n) is 3.32. The van der Waals surface area contributed by atoms with Gasteiger partial charge in [-0.2, -0.15) is 5.26 Å². The summed E-state index contributed by atoms with van der Waals surface area (Å²) in [4.78, 5) is 16.0. The summed E-state index contributed by atoms with van der Waals surface area (Å²) < 4.78 is 0. The monoisotopic (exact) mass is 235 g/mol. The highest BCUT2D eigenvalue weighted by Crippen LogP contribution is 2.26. The van der Waals surface area contributed by atoms with Gasteiger partial charge in [0.2, 0.25) is 5.82 Å². The molecule has 0 aliphatic rings. The Bertz CT molecular complexity index is 454. The number of aromatic nitrogens is 1. The van der Waals surface area contributed by atoms with E-state index in [1.807, 2.05) is 13.0 Å². The highest BCUT2D eigenvalue weighted by molar-refractivity contribution is 5.60. The third-order valence-electron chi connectivity index (χ3n) is 2.25. The molecule has 0 aliphatic carbocycles. The van der Waals surface area contributed by atoms with Crippen LogP contribution in [0.2, 0.25) is 0 Å². The van der Waals surface area contributed by atoms with Gasteiger partial charge in [0.1, 0.15) is 5.82 Å². The minimum atomic E-state index is -0.503. The highest BCUT2D eigenvalue weighted by atomic mass is 16.6. The topological polar surface area (TPSA) is 109 Å². The van der Waals surface area contributed by atoms with Crippen LogP contribution in [0.3, 0.4) is 0 Å². The number of nitrogens with zero attached hydrogens (tertiary/aromatic N) is 4. The SMILES string of the molecule is CCN(CCC#N)c1nc(N)ccc1[N+](=O)[O-]. The summed E-state index contributed by atoms with van der Waals surface area (Å²) in [6.45, 7) is 2.76. The zero-order valence-electron chi connectivity index (χ0n) is 9.46. The summed E-state index contributed by atoms with van der Waals surface area (Å²) in [5, 5.41) is 19.4. The summed E-state index contributed by atoms with van der Waals surface area (Å²) in [5.74, 6) is 0.439. The van der Waals surface area contributed by atoms with E-state index >= 15 is 0 Å².